The standard InChI is InChI=1S/C13H14F2O2S/c1-18-9-5-4-8(14)10(11(9)15)13(12(16)17)6-2-3-7-13/h4-5H,2-3,6-7H2,1H3,(H,16,17). The van der Waals surface area contributed by atoms with Crippen LogP contribution in [0.3, 0.4) is 0 Å². The summed E-state index contributed by atoms with van der Waals surface area (Å²) in [6, 6.07) is 2.51. The predicted molar refractivity (Wildman–Crippen MR) is 65.9 cm³/mol. The van der Waals surface area contributed by atoms with Crippen molar-refractivity contribution in [2.75, 3.05) is 6.26 Å². The molecule has 0 heterocycles. The third-order valence-electron chi connectivity index (χ3n) is 3.62. The zero-order chi connectivity index (χ0) is 13.3. The molecule has 0 atom stereocenters. The van der Waals surface area contributed by atoms with Crippen molar-refractivity contribution < 1.29 is 18.7 Å². The van der Waals surface area contributed by atoms with Crippen molar-refractivity contribution in [1.29, 1.82) is 0 Å². The van der Waals surface area contributed by atoms with Gasteiger partial charge in [-0.3, -0.25) is 4.79 Å². The minimum Gasteiger partial charge on any atom is -0.481 e. The van der Waals surface area contributed by atoms with Gasteiger partial charge in [-0.05, 0) is 31.2 Å². The maximum absolute atomic E-state index is 14.3. The lowest BCUT2D eigenvalue weighted by Crippen LogP contribution is -2.35. The summed E-state index contributed by atoms with van der Waals surface area (Å²) in [7, 11) is 0. The van der Waals surface area contributed by atoms with E-state index in [-0.39, 0.29) is 5.56 Å². The molecular formula is C13H14F2O2S. The van der Waals surface area contributed by atoms with E-state index < -0.39 is 23.0 Å². The molecule has 1 aromatic rings. The largest absolute Gasteiger partial charge is 0.481 e. The summed E-state index contributed by atoms with van der Waals surface area (Å²) < 4.78 is 28.2. The first-order valence-electron chi connectivity index (χ1n) is 5.79. The molecule has 1 saturated carbocycles. The molecule has 98 valence electrons. The molecular weight excluding hydrogens is 258 g/mol. The maximum atomic E-state index is 14.3. The fourth-order valence-electron chi connectivity index (χ4n) is 2.68. The van der Waals surface area contributed by atoms with Gasteiger partial charge < -0.3 is 5.11 Å². The van der Waals surface area contributed by atoms with Gasteiger partial charge in [0.1, 0.15) is 11.6 Å². The maximum Gasteiger partial charge on any atom is 0.314 e. The highest BCUT2D eigenvalue weighted by molar-refractivity contribution is 7.98. The first-order chi connectivity index (χ1) is 8.53. The fraction of sp³-hybridized carbons (Fsp3) is 0.462. The van der Waals surface area contributed by atoms with E-state index in [9.17, 15) is 18.7 Å². The molecule has 0 unspecified atom stereocenters. The highest BCUT2D eigenvalue weighted by atomic mass is 32.2. The topological polar surface area (TPSA) is 37.3 Å². The predicted octanol–water partition coefficient (Wildman–Crippen LogP) is 3.58. The Balaban J connectivity index is 2.65. The van der Waals surface area contributed by atoms with Gasteiger partial charge in [-0.25, -0.2) is 8.78 Å². The minimum absolute atomic E-state index is 0.264. The van der Waals surface area contributed by atoms with Crippen molar-refractivity contribution in [2.45, 2.75) is 36.0 Å². The molecule has 5 heteroatoms. The molecule has 0 aromatic heterocycles. The van der Waals surface area contributed by atoms with Gasteiger partial charge in [-0.15, -0.1) is 11.8 Å². The number of hydrogen-bond acceptors (Lipinski definition) is 2. The van der Waals surface area contributed by atoms with Gasteiger partial charge in [0.25, 0.3) is 0 Å². The Morgan fingerprint density at radius 3 is 2.44 bits per heavy atom. The summed E-state index contributed by atoms with van der Waals surface area (Å²) >= 11 is 1.15. The van der Waals surface area contributed by atoms with Crippen LogP contribution < -0.4 is 0 Å². The number of carbonyl (C=O) groups is 1. The average molecular weight is 272 g/mol. The molecule has 2 nitrogen and oxygen atoms in total. The molecule has 18 heavy (non-hydrogen) atoms. The SMILES string of the molecule is CSc1ccc(F)c(C2(C(=O)O)CCCC2)c1F. The number of thioether (sulfide) groups is 1. The van der Waals surface area contributed by atoms with Crippen LogP contribution in [0.25, 0.3) is 0 Å². The molecule has 0 spiro atoms. The molecule has 1 aromatic carbocycles. The lowest BCUT2D eigenvalue weighted by Gasteiger charge is -2.26. The van der Waals surface area contributed by atoms with Crippen molar-refractivity contribution in [3.8, 4) is 0 Å². The van der Waals surface area contributed by atoms with E-state index >= 15 is 0 Å². The van der Waals surface area contributed by atoms with Crippen LogP contribution in [0.1, 0.15) is 31.2 Å². The van der Waals surface area contributed by atoms with E-state index in [1.807, 2.05) is 0 Å². The van der Waals surface area contributed by atoms with Crippen LogP contribution in [-0.4, -0.2) is 17.3 Å². The third-order valence-corrected chi connectivity index (χ3v) is 4.38. The van der Waals surface area contributed by atoms with Gasteiger partial charge in [0.05, 0.1) is 5.41 Å². The summed E-state index contributed by atoms with van der Waals surface area (Å²) in [6.07, 6.45) is 3.66. The Labute approximate surface area is 108 Å². The number of benzene rings is 1. The van der Waals surface area contributed by atoms with E-state index in [1.54, 1.807) is 6.26 Å². The summed E-state index contributed by atoms with van der Waals surface area (Å²) in [5.41, 5.74) is -1.65. The third kappa shape index (κ3) is 1.90. The molecule has 1 aliphatic rings. The molecule has 1 aliphatic carbocycles. The van der Waals surface area contributed by atoms with Crippen LogP contribution in [0.5, 0.6) is 0 Å². The molecule has 0 amide bonds. The van der Waals surface area contributed by atoms with E-state index in [0.29, 0.717) is 30.6 Å². The average Bonchev–Trinajstić information content (AvgIpc) is 2.80. The quantitative estimate of drug-likeness (QED) is 0.854. The van der Waals surface area contributed by atoms with E-state index in [1.165, 1.54) is 6.07 Å². The van der Waals surface area contributed by atoms with Crippen molar-refractivity contribution in [3.05, 3.63) is 29.3 Å². The van der Waals surface area contributed by atoms with E-state index in [2.05, 4.69) is 0 Å². The summed E-state index contributed by atoms with van der Waals surface area (Å²) in [6.45, 7) is 0. The molecule has 0 radical (unpaired) electrons. The van der Waals surface area contributed by atoms with Crippen molar-refractivity contribution in [2.24, 2.45) is 0 Å². The second-order valence-corrected chi connectivity index (χ2v) is 5.38. The van der Waals surface area contributed by atoms with E-state index in [4.69, 9.17) is 0 Å². The zero-order valence-corrected chi connectivity index (χ0v) is 10.8. The molecule has 1 fully saturated rings. The summed E-state index contributed by atoms with van der Waals surface area (Å²) in [5, 5.41) is 9.39. The number of carboxylic acid groups (broad SMARTS) is 1. The van der Waals surface area contributed by atoms with Crippen LogP contribution in [0, 0.1) is 11.6 Å². The lowest BCUT2D eigenvalue weighted by atomic mass is 9.78. The van der Waals surface area contributed by atoms with Gasteiger partial charge in [0.2, 0.25) is 0 Å². The number of halogens is 2. The molecule has 0 bridgehead atoms. The molecule has 0 saturated heterocycles. The Morgan fingerprint density at radius 1 is 1.33 bits per heavy atom. The highest BCUT2D eigenvalue weighted by Gasteiger charge is 2.47. The summed E-state index contributed by atoms with van der Waals surface area (Å²) in [4.78, 5) is 11.8. The van der Waals surface area contributed by atoms with Gasteiger partial charge >= 0.3 is 5.97 Å². The van der Waals surface area contributed by atoms with Crippen LogP contribution in [-0.2, 0) is 10.2 Å². The molecule has 2 rings (SSSR count). The Kier molecular flexibility index (Phi) is 3.61. The van der Waals surface area contributed by atoms with Crippen LogP contribution in [0.2, 0.25) is 0 Å². The molecule has 0 aliphatic heterocycles. The van der Waals surface area contributed by atoms with Crippen LogP contribution in [0.15, 0.2) is 17.0 Å². The Morgan fingerprint density at radius 2 is 1.94 bits per heavy atom. The Hall–Kier alpha value is -1.10. The van der Waals surface area contributed by atoms with Crippen molar-refractivity contribution >= 4 is 17.7 Å². The number of hydrogen-bond donors (Lipinski definition) is 1. The van der Waals surface area contributed by atoms with Crippen LogP contribution >= 0.6 is 11.8 Å². The van der Waals surface area contributed by atoms with Gasteiger partial charge in [0.15, 0.2) is 0 Å². The van der Waals surface area contributed by atoms with Gasteiger partial charge in [0, 0.05) is 10.5 Å². The van der Waals surface area contributed by atoms with E-state index in [0.717, 1.165) is 17.8 Å². The zero-order valence-electron chi connectivity index (χ0n) is 10.0. The van der Waals surface area contributed by atoms with Crippen molar-refractivity contribution in [1.82, 2.24) is 0 Å². The summed E-state index contributed by atoms with van der Waals surface area (Å²) in [5.74, 6) is -2.60. The Bertz CT molecular complexity index is 482. The van der Waals surface area contributed by atoms with Crippen LogP contribution in [0.4, 0.5) is 8.78 Å². The smallest absolute Gasteiger partial charge is 0.314 e. The number of aliphatic carboxylic acids is 1. The first kappa shape index (κ1) is 13.3. The monoisotopic (exact) mass is 272 g/mol. The highest BCUT2D eigenvalue weighted by Crippen LogP contribution is 2.44. The molecule has 1 N–H and O–H groups in total. The van der Waals surface area contributed by atoms with Crippen molar-refractivity contribution in [3.63, 3.8) is 0 Å². The van der Waals surface area contributed by atoms with Gasteiger partial charge in [-0.1, -0.05) is 12.8 Å². The lowest BCUT2D eigenvalue weighted by molar-refractivity contribution is -0.143. The number of rotatable bonds is 3. The fourth-order valence-corrected chi connectivity index (χ4v) is 3.16. The minimum atomic E-state index is -1.39. The first-order valence-corrected chi connectivity index (χ1v) is 7.01. The van der Waals surface area contributed by atoms with Gasteiger partial charge in [-0.2, -0.15) is 0 Å². The normalized spacial score (nSPS) is 17.9. The second kappa shape index (κ2) is 4.88. The second-order valence-electron chi connectivity index (χ2n) is 4.53. The number of carboxylic acids is 1.